The molecule has 3 aromatic rings. The third-order valence-corrected chi connectivity index (χ3v) is 3.62. The predicted octanol–water partition coefficient (Wildman–Crippen LogP) is 4.35. The summed E-state index contributed by atoms with van der Waals surface area (Å²) in [5.41, 5.74) is 4.83. The SMILES string of the molecule is Cc1ccc2c(c1)-n1ccc3c(C)ccc(c31)O2. The smallest absolute Gasteiger partial charge is 0.152 e. The van der Waals surface area contributed by atoms with Crippen molar-refractivity contribution in [2.45, 2.75) is 13.8 Å². The van der Waals surface area contributed by atoms with Gasteiger partial charge >= 0.3 is 0 Å². The molecule has 1 aliphatic heterocycles. The van der Waals surface area contributed by atoms with Crippen molar-refractivity contribution in [2.75, 3.05) is 0 Å². The van der Waals surface area contributed by atoms with E-state index in [2.05, 4.69) is 54.9 Å². The molecule has 0 atom stereocenters. The number of aromatic nitrogens is 1. The summed E-state index contributed by atoms with van der Waals surface area (Å²) in [6.07, 6.45) is 2.13. The number of nitrogens with zero attached hydrogens (tertiary/aromatic N) is 1. The van der Waals surface area contributed by atoms with E-state index < -0.39 is 0 Å². The standard InChI is InChI=1S/C16H13NO/c1-10-3-5-14-13(9-10)17-8-7-12-11(2)4-6-15(18-14)16(12)17/h3-9H,1-2H3. The minimum absolute atomic E-state index is 0.925. The molecule has 2 heteroatoms. The number of hydrogen-bond acceptors (Lipinski definition) is 1. The number of rotatable bonds is 0. The van der Waals surface area contributed by atoms with E-state index in [0.29, 0.717) is 0 Å². The first-order valence-electron chi connectivity index (χ1n) is 6.13. The monoisotopic (exact) mass is 235 g/mol. The number of hydrogen-bond donors (Lipinski definition) is 0. The lowest BCUT2D eigenvalue weighted by Crippen LogP contribution is -2.03. The highest BCUT2D eigenvalue weighted by Gasteiger charge is 2.20. The lowest BCUT2D eigenvalue weighted by atomic mass is 10.1. The Bertz CT molecular complexity index is 783. The number of ether oxygens (including phenoxy) is 1. The molecule has 0 aliphatic carbocycles. The zero-order valence-electron chi connectivity index (χ0n) is 10.4. The molecular formula is C16H13NO. The highest BCUT2D eigenvalue weighted by molar-refractivity contribution is 5.92. The minimum atomic E-state index is 0.925. The second-order valence-electron chi connectivity index (χ2n) is 4.90. The Morgan fingerprint density at radius 1 is 0.944 bits per heavy atom. The molecule has 0 fully saturated rings. The van der Waals surface area contributed by atoms with Crippen LogP contribution in [0.25, 0.3) is 16.6 Å². The Morgan fingerprint density at radius 2 is 1.78 bits per heavy atom. The van der Waals surface area contributed by atoms with Gasteiger partial charge in [0.2, 0.25) is 0 Å². The minimum Gasteiger partial charge on any atom is -0.453 e. The molecule has 18 heavy (non-hydrogen) atoms. The molecule has 0 radical (unpaired) electrons. The van der Waals surface area contributed by atoms with Crippen LogP contribution in [0.1, 0.15) is 11.1 Å². The van der Waals surface area contributed by atoms with Crippen molar-refractivity contribution in [3.8, 4) is 17.2 Å². The summed E-state index contributed by atoms with van der Waals surface area (Å²) >= 11 is 0. The van der Waals surface area contributed by atoms with Gasteiger partial charge in [0.15, 0.2) is 11.5 Å². The zero-order chi connectivity index (χ0) is 12.3. The fourth-order valence-corrected chi connectivity index (χ4v) is 2.67. The second-order valence-corrected chi connectivity index (χ2v) is 4.90. The lowest BCUT2D eigenvalue weighted by molar-refractivity contribution is 0.475. The molecule has 2 nitrogen and oxygen atoms in total. The second kappa shape index (κ2) is 3.16. The van der Waals surface area contributed by atoms with Crippen LogP contribution in [0.4, 0.5) is 0 Å². The van der Waals surface area contributed by atoms with Crippen molar-refractivity contribution in [1.82, 2.24) is 4.57 Å². The number of fused-ring (bicyclic) bond motifs is 2. The van der Waals surface area contributed by atoms with Crippen LogP contribution in [0, 0.1) is 13.8 Å². The van der Waals surface area contributed by atoms with Gasteiger partial charge in [-0.1, -0.05) is 12.1 Å². The molecule has 0 saturated heterocycles. The molecule has 2 aromatic carbocycles. The molecule has 4 rings (SSSR count). The summed E-state index contributed by atoms with van der Waals surface area (Å²) < 4.78 is 8.22. The summed E-state index contributed by atoms with van der Waals surface area (Å²) in [5, 5.41) is 1.26. The van der Waals surface area contributed by atoms with Gasteiger partial charge in [0.25, 0.3) is 0 Å². The molecule has 1 aromatic heterocycles. The van der Waals surface area contributed by atoms with Crippen molar-refractivity contribution in [3.63, 3.8) is 0 Å². The summed E-state index contributed by atoms with van der Waals surface area (Å²) in [6.45, 7) is 4.24. The van der Waals surface area contributed by atoms with Gasteiger partial charge in [-0.3, -0.25) is 0 Å². The average Bonchev–Trinajstić information content (AvgIpc) is 2.81. The Hall–Kier alpha value is -2.22. The zero-order valence-corrected chi connectivity index (χ0v) is 10.4. The molecule has 0 amide bonds. The van der Waals surface area contributed by atoms with E-state index >= 15 is 0 Å². The molecule has 1 aliphatic rings. The highest BCUT2D eigenvalue weighted by atomic mass is 16.5. The van der Waals surface area contributed by atoms with Crippen molar-refractivity contribution in [3.05, 3.63) is 53.7 Å². The third-order valence-electron chi connectivity index (χ3n) is 3.62. The van der Waals surface area contributed by atoms with Gasteiger partial charge in [-0.05, 0) is 49.2 Å². The van der Waals surface area contributed by atoms with Gasteiger partial charge in [0, 0.05) is 11.6 Å². The van der Waals surface area contributed by atoms with Crippen LogP contribution < -0.4 is 4.74 Å². The maximum absolute atomic E-state index is 6.00. The molecule has 2 heterocycles. The summed E-state index contributed by atoms with van der Waals surface area (Å²) in [6, 6.07) is 12.6. The van der Waals surface area contributed by atoms with Crippen molar-refractivity contribution < 1.29 is 4.74 Å². The topological polar surface area (TPSA) is 14.2 Å². The van der Waals surface area contributed by atoms with E-state index in [4.69, 9.17) is 4.74 Å². The summed E-state index contributed by atoms with van der Waals surface area (Å²) in [5.74, 6) is 1.87. The molecule has 88 valence electrons. The number of aryl methyl sites for hydroxylation is 2. The predicted molar refractivity (Wildman–Crippen MR) is 72.8 cm³/mol. The average molecular weight is 235 g/mol. The Labute approximate surface area is 105 Å². The van der Waals surface area contributed by atoms with Gasteiger partial charge in [0.05, 0.1) is 11.2 Å². The van der Waals surface area contributed by atoms with Crippen LogP contribution in [0.15, 0.2) is 42.6 Å². The molecular weight excluding hydrogens is 222 g/mol. The van der Waals surface area contributed by atoms with Gasteiger partial charge < -0.3 is 9.30 Å². The van der Waals surface area contributed by atoms with E-state index in [-0.39, 0.29) is 0 Å². The Kier molecular flexibility index (Phi) is 1.72. The fourth-order valence-electron chi connectivity index (χ4n) is 2.67. The van der Waals surface area contributed by atoms with E-state index in [0.717, 1.165) is 17.2 Å². The van der Waals surface area contributed by atoms with E-state index in [9.17, 15) is 0 Å². The maximum atomic E-state index is 6.00. The van der Waals surface area contributed by atoms with Crippen molar-refractivity contribution in [2.24, 2.45) is 0 Å². The largest absolute Gasteiger partial charge is 0.453 e. The van der Waals surface area contributed by atoms with Crippen LogP contribution >= 0.6 is 0 Å². The molecule has 0 saturated carbocycles. The van der Waals surface area contributed by atoms with Gasteiger partial charge in [-0.25, -0.2) is 0 Å². The summed E-state index contributed by atoms with van der Waals surface area (Å²) in [7, 11) is 0. The van der Waals surface area contributed by atoms with Crippen LogP contribution in [0.3, 0.4) is 0 Å². The molecule has 0 bridgehead atoms. The van der Waals surface area contributed by atoms with Gasteiger partial charge in [0.1, 0.15) is 0 Å². The summed E-state index contributed by atoms with van der Waals surface area (Å²) in [4.78, 5) is 0. The van der Waals surface area contributed by atoms with Crippen molar-refractivity contribution >= 4 is 10.9 Å². The quantitative estimate of drug-likeness (QED) is 0.442. The van der Waals surface area contributed by atoms with Crippen LogP contribution in [-0.4, -0.2) is 4.57 Å². The van der Waals surface area contributed by atoms with E-state index in [1.54, 1.807) is 0 Å². The van der Waals surface area contributed by atoms with E-state index in [1.165, 1.54) is 22.0 Å². The first-order chi connectivity index (χ1) is 8.74. The number of benzene rings is 2. The fraction of sp³-hybridized carbons (Fsp3) is 0.125. The Morgan fingerprint density at radius 3 is 2.67 bits per heavy atom. The highest BCUT2D eigenvalue weighted by Crippen LogP contribution is 2.41. The van der Waals surface area contributed by atoms with E-state index in [1.807, 2.05) is 6.07 Å². The first kappa shape index (κ1) is 9.77. The van der Waals surface area contributed by atoms with Crippen LogP contribution in [-0.2, 0) is 0 Å². The van der Waals surface area contributed by atoms with Gasteiger partial charge in [-0.2, -0.15) is 0 Å². The maximum Gasteiger partial charge on any atom is 0.152 e. The van der Waals surface area contributed by atoms with Gasteiger partial charge in [-0.15, -0.1) is 0 Å². The third kappa shape index (κ3) is 1.12. The molecule has 0 N–H and O–H groups in total. The Balaban J connectivity index is 2.16. The van der Waals surface area contributed by atoms with Crippen LogP contribution in [0.5, 0.6) is 11.5 Å². The molecule has 0 unspecified atom stereocenters. The lowest BCUT2D eigenvalue weighted by Gasteiger charge is -2.21. The molecule has 0 spiro atoms. The van der Waals surface area contributed by atoms with Crippen LogP contribution in [0.2, 0.25) is 0 Å². The first-order valence-corrected chi connectivity index (χ1v) is 6.13. The normalized spacial score (nSPS) is 12.3. The van der Waals surface area contributed by atoms with Crippen molar-refractivity contribution in [1.29, 1.82) is 0 Å².